The normalized spacial score (nSPS) is 10.9. The van der Waals surface area contributed by atoms with E-state index >= 15 is 0 Å². The first kappa shape index (κ1) is 8.26. The summed E-state index contributed by atoms with van der Waals surface area (Å²) >= 11 is 0. The second-order valence-corrected chi connectivity index (χ2v) is 3.02. The number of rotatable bonds is 2. The van der Waals surface area contributed by atoms with Gasteiger partial charge < -0.3 is 10.3 Å². The van der Waals surface area contributed by atoms with Crippen LogP contribution in [0.3, 0.4) is 0 Å². The van der Waals surface area contributed by atoms with Crippen molar-refractivity contribution >= 4 is 11.0 Å². The maximum Gasteiger partial charge on any atom is 0.167 e. The monoisotopic (exact) mass is 176 g/mol. The van der Waals surface area contributed by atoms with Crippen LogP contribution in [-0.2, 0) is 13.0 Å². The van der Waals surface area contributed by atoms with Crippen molar-refractivity contribution in [3.8, 4) is 0 Å². The number of hydrogen-bond donors (Lipinski definition) is 1. The Labute approximate surface area is 76.5 Å². The lowest BCUT2D eigenvalue weighted by Gasteiger charge is -1.94. The Morgan fingerprint density at radius 1 is 1.46 bits per heavy atom. The first-order chi connectivity index (χ1) is 6.35. The number of aromatic nitrogens is 1. The van der Waals surface area contributed by atoms with E-state index in [1.54, 1.807) is 0 Å². The van der Waals surface area contributed by atoms with Crippen LogP contribution in [0.2, 0.25) is 0 Å². The molecule has 13 heavy (non-hydrogen) atoms. The van der Waals surface area contributed by atoms with E-state index in [1.165, 1.54) is 0 Å². The molecular formula is C10H12N2O. The molecule has 0 fully saturated rings. The SMILES string of the molecule is CCc1noc2cc(CN)ccc12. The summed E-state index contributed by atoms with van der Waals surface area (Å²) in [6, 6.07) is 5.98. The summed E-state index contributed by atoms with van der Waals surface area (Å²) in [5.41, 5.74) is 8.44. The van der Waals surface area contributed by atoms with Crippen LogP contribution < -0.4 is 5.73 Å². The standard InChI is InChI=1S/C10H12N2O/c1-2-9-8-4-3-7(6-11)5-10(8)13-12-9/h3-5H,2,6,11H2,1H3. The Hall–Kier alpha value is -1.35. The Morgan fingerprint density at radius 3 is 3.00 bits per heavy atom. The van der Waals surface area contributed by atoms with Gasteiger partial charge in [-0.2, -0.15) is 0 Å². The molecular weight excluding hydrogens is 164 g/mol. The summed E-state index contributed by atoms with van der Waals surface area (Å²) in [5.74, 6) is 0. The fraction of sp³-hybridized carbons (Fsp3) is 0.300. The Kier molecular flexibility index (Phi) is 2.02. The maximum absolute atomic E-state index is 5.52. The minimum Gasteiger partial charge on any atom is -0.356 e. The van der Waals surface area contributed by atoms with Crippen molar-refractivity contribution in [2.75, 3.05) is 0 Å². The molecule has 1 heterocycles. The van der Waals surface area contributed by atoms with Gasteiger partial charge in [-0.3, -0.25) is 0 Å². The van der Waals surface area contributed by atoms with Crippen molar-refractivity contribution in [2.45, 2.75) is 19.9 Å². The lowest BCUT2D eigenvalue weighted by molar-refractivity contribution is 0.447. The molecule has 1 aromatic carbocycles. The molecule has 0 radical (unpaired) electrons. The van der Waals surface area contributed by atoms with Crippen molar-refractivity contribution in [3.05, 3.63) is 29.5 Å². The lowest BCUT2D eigenvalue weighted by Crippen LogP contribution is -1.94. The van der Waals surface area contributed by atoms with Gasteiger partial charge in [-0.05, 0) is 24.1 Å². The maximum atomic E-state index is 5.52. The molecule has 0 saturated carbocycles. The van der Waals surface area contributed by atoms with Crippen molar-refractivity contribution < 1.29 is 4.52 Å². The highest BCUT2D eigenvalue weighted by Gasteiger charge is 2.05. The zero-order valence-corrected chi connectivity index (χ0v) is 7.58. The average molecular weight is 176 g/mol. The van der Waals surface area contributed by atoms with Crippen molar-refractivity contribution in [1.29, 1.82) is 0 Å². The predicted molar refractivity (Wildman–Crippen MR) is 51.3 cm³/mol. The average Bonchev–Trinajstić information content (AvgIpc) is 2.59. The molecule has 0 aliphatic rings. The van der Waals surface area contributed by atoms with E-state index < -0.39 is 0 Å². The highest BCUT2D eigenvalue weighted by molar-refractivity contribution is 5.80. The van der Waals surface area contributed by atoms with Gasteiger partial charge in [0.15, 0.2) is 5.58 Å². The second-order valence-electron chi connectivity index (χ2n) is 3.02. The highest BCUT2D eigenvalue weighted by Crippen LogP contribution is 2.19. The molecule has 0 atom stereocenters. The molecule has 2 aromatic rings. The molecule has 0 unspecified atom stereocenters. The van der Waals surface area contributed by atoms with Crippen LogP contribution in [0.25, 0.3) is 11.0 Å². The van der Waals surface area contributed by atoms with E-state index in [-0.39, 0.29) is 0 Å². The minimum atomic E-state index is 0.540. The van der Waals surface area contributed by atoms with Crippen molar-refractivity contribution in [1.82, 2.24) is 5.16 Å². The van der Waals surface area contributed by atoms with Gasteiger partial charge in [-0.15, -0.1) is 0 Å². The smallest absolute Gasteiger partial charge is 0.167 e. The summed E-state index contributed by atoms with van der Waals surface area (Å²) in [6.07, 6.45) is 0.898. The fourth-order valence-electron chi connectivity index (χ4n) is 1.42. The van der Waals surface area contributed by atoms with Gasteiger partial charge in [0, 0.05) is 11.9 Å². The number of fused-ring (bicyclic) bond motifs is 1. The molecule has 0 saturated heterocycles. The highest BCUT2D eigenvalue weighted by atomic mass is 16.5. The Bertz CT molecular complexity index is 420. The molecule has 3 heteroatoms. The summed E-state index contributed by atoms with van der Waals surface area (Å²) < 4.78 is 5.18. The van der Waals surface area contributed by atoms with Crippen LogP contribution in [0, 0.1) is 0 Å². The van der Waals surface area contributed by atoms with Crippen LogP contribution in [0.15, 0.2) is 22.7 Å². The quantitative estimate of drug-likeness (QED) is 0.759. The largest absolute Gasteiger partial charge is 0.356 e. The van der Waals surface area contributed by atoms with Crippen LogP contribution in [-0.4, -0.2) is 5.16 Å². The van der Waals surface area contributed by atoms with E-state index in [0.29, 0.717) is 6.54 Å². The van der Waals surface area contributed by atoms with Crippen molar-refractivity contribution in [2.24, 2.45) is 5.73 Å². The van der Waals surface area contributed by atoms with Crippen LogP contribution in [0.1, 0.15) is 18.2 Å². The molecule has 1 aromatic heterocycles. The van der Waals surface area contributed by atoms with Gasteiger partial charge in [-0.25, -0.2) is 0 Å². The third-order valence-electron chi connectivity index (χ3n) is 2.18. The van der Waals surface area contributed by atoms with E-state index in [2.05, 4.69) is 12.1 Å². The molecule has 2 rings (SSSR count). The number of hydrogen-bond acceptors (Lipinski definition) is 3. The van der Waals surface area contributed by atoms with Gasteiger partial charge >= 0.3 is 0 Å². The van der Waals surface area contributed by atoms with Crippen molar-refractivity contribution in [3.63, 3.8) is 0 Å². The number of nitrogens with zero attached hydrogens (tertiary/aromatic N) is 1. The molecule has 0 spiro atoms. The summed E-state index contributed by atoms with van der Waals surface area (Å²) in [7, 11) is 0. The van der Waals surface area contributed by atoms with E-state index in [0.717, 1.165) is 28.6 Å². The topological polar surface area (TPSA) is 52.0 Å². The molecule has 0 aliphatic heterocycles. The zero-order chi connectivity index (χ0) is 9.26. The van der Waals surface area contributed by atoms with Gasteiger partial charge in [0.2, 0.25) is 0 Å². The second kappa shape index (κ2) is 3.18. The molecule has 2 N–H and O–H groups in total. The summed E-state index contributed by atoms with van der Waals surface area (Å²) in [4.78, 5) is 0. The fourth-order valence-corrected chi connectivity index (χ4v) is 1.42. The Morgan fingerprint density at radius 2 is 2.31 bits per heavy atom. The van der Waals surface area contributed by atoms with Gasteiger partial charge in [0.1, 0.15) is 0 Å². The first-order valence-corrected chi connectivity index (χ1v) is 4.42. The third kappa shape index (κ3) is 1.31. The minimum absolute atomic E-state index is 0.540. The number of nitrogens with two attached hydrogens (primary N) is 1. The summed E-state index contributed by atoms with van der Waals surface area (Å²) in [5, 5.41) is 5.07. The van der Waals surface area contributed by atoms with E-state index in [1.807, 2.05) is 18.2 Å². The van der Waals surface area contributed by atoms with Gasteiger partial charge in [-0.1, -0.05) is 18.1 Å². The lowest BCUT2D eigenvalue weighted by atomic mass is 10.1. The first-order valence-electron chi connectivity index (χ1n) is 4.42. The van der Waals surface area contributed by atoms with E-state index in [4.69, 9.17) is 10.3 Å². The van der Waals surface area contributed by atoms with Gasteiger partial charge in [0.05, 0.1) is 5.69 Å². The predicted octanol–water partition coefficient (Wildman–Crippen LogP) is 1.85. The van der Waals surface area contributed by atoms with Crippen LogP contribution in [0.5, 0.6) is 0 Å². The molecule has 3 nitrogen and oxygen atoms in total. The zero-order valence-electron chi connectivity index (χ0n) is 7.58. The number of benzene rings is 1. The van der Waals surface area contributed by atoms with Crippen LogP contribution in [0.4, 0.5) is 0 Å². The summed E-state index contributed by atoms with van der Waals surface area (Å²) in [6.45, 7) is 2.60. The third-order valence-corrected chi connectivity index (χ3v) is 2.18. The van der Waals surface area contributed by atoms with Gasteiger partial charge in [0.25, 0.3) is 0 Å². The Balaban J connectivity index is 2.61. The molecule has 68 valence electrons. The number of aryl methyl sites for hydroxylation is 1. The van der Waals surface area contributed by atoms with E-state index in [9.17, 15) is 0 Å². The van der Waals surface area contributed by atoms with Crippen LogP contribution >= 0.6 is 0 Å². The molecule has 0 aliphatic carbocycles. The molecule has 0 bridgehead atoms. The molecule has 0 amide bonds.